The molecule has 2 rings (SSSR count). The number of benzene rings is 2. The fourth-order valence-corrected chi connectivity index (χ4v) is 2.21. The van der Waals surface area contributed by atoms with Gasteiger partial charge in [-0.2, -0.15) is 0 Å². The highest BCUT2D eigenvalue weighted by atomic mass is 79.9. The minimum Gasteiger partial charge on any atom is -0.454 e. The number of esters is 1. The molecule has 0 unspecified atom stereocenters. The molecule has 0 bridgehead atoms. The summed E-state index contributed by atoms with van der Waals surface area (Å²) in [7, 11) is 0. The minimum atomic E-state index is -0.687. The highest BCUT2D eigenvalue weighted by Crippen LogP contribution is 2.21. The van der Waals surface area contributed by atoms with Crippen LogP contribution in [0.5, 0.6) is 0 Å². The predicted octanol–water partition coefficient (Wildman–Crippen LogP) is 4.80. The molecule has 0 N–H and O–H groups in total. The summed E-state index contributed by atoms with van der Waals surface area (Å²) in [5, 5.41) is 0.589. The molecular weight excluding hydrogens is 379 g/mol. The van der Waals surface area contributed by atoms with Gasteiger partial charge in [-0.15, -0.1) is 0 Å². The van der Waals surface area contributed by atoms with Crippen LogP contribution in [0.15, 0.2) is 46.9 Å². The third-order valence-electron chi connectivity index (χ3n) is 2.65. The van der Waals surface area contributed by atoms with Crippen LogP contribution in [0.1, 0.15) is 20.7 Å². The fourth-order valence-electron chi connectivity index (χ4n) is 1.58. The van der Waals surface area contributed by atoms with Gasteiger partial charge in [0, 0.05) is 15.1 Å². The quantitative estimate of drug-likeness (QED) is 0.559. The first-order valence-corrected chi connectivity index (χ1v) is 7.43. The van der Waals surface area contributed by atoms with E-state index in [-0.39, 0.29) is 23.0 Å². The van der Waals surface area contributed by atoms with Gasteiger partial charge in [0.1, 0.15) is 0 Å². The maximum Gasteiger partial charge on any atom is 0.340 e. The SMILES string of the molecule is O=C(COC(=O)c1cc(Cl)ccc1Cl)c1ccc(Br)cc1. The summed E-state index contributed by atoms with van der Waals surface area (Å²) in [6.07, 6.45) is 0. The Bertz CT molecular complexity index is 684. The van der Waals surface area contributed by atoms with Gasteiger partial charge in [0.25, 0.3) is 0 Å². The summed E-state index contributed by atoms with van der Waals surface area (Å²) in [6.45, 7) is -0.358. The lowest BCUT2D eigenvalue weighted by Gasteiger charge is -2.06. The van der Waals surface area contributed by atoms with Crippen molar-refractivity contribution in [2.24, 2.45) is 0 Å². The van der Waals surface area contributed by atoms with Crippen molar-refractivity contribution in [3.63, 3.8) is 0 Å². The van der Waals surface area contributed by atoms with E-state index in [1.807, 2.05) is 0 Å². The highest BCUT2D eigenvalue weighted by Gasteiger charge is 2.15. The molecule has 108 valence electrons. The average molecular weight is 388 g/mol. The number of hydrogen-bond acceptors (Lipinski definition) is 3. The zero-order valence-electron chi connectivity index (χ0n) is 10.6. The van der Waals surface area contributed by atoms with Gasteiger partial charge in [0.2, 0.25) is 0 Å². The maximum atomic E-state index is 11.9. The van der Waals surface area contributed by atoms with Crippen LogP contribution in [0.2, 0.25) is 10.0 Å². The molecule has 0 aliphatic carbocycles. The monoisotopic (exact) mass is 386 g/mol. The third kappa shape index (κ3) is 4.30. The van der Waals surface area contributed by atoms with Crippen LogP contribution in [0.25, 0.3) is 0 Å². The number of halogens is 3. The molecule has 0 heterocycles. The molecule has 0 aliphatic rings. The summed E-state index contributed by atoms with van der Waals surface area (Å²) in [5.74, 6) is -0.984. The Morgan fingerprint density at radius 3 is 2.38 bits per heavy atom. The molecule has 3 nitrogen and oxygen atoms in total. The van der Waals surface area contributed by atoms with Gasteiger partial charge in [-0.05, 0) is 30.3 Å². The van der Waals surface area contributed by atoms with Gasteiger partial charge in [-0.1, -0.05) is 51.3 Å². The minimum absolute atomic E-state index is 0.132. The predicted molar refractivity (Wildman–Crippen MR) is 85.2 cm³/mol. The number of rotatable bonds is 4. The van der Waals surface area contributed by atoms with E-state index in [4.69, 9.17) is 27.9 Å². The zero-order chi connectivity index (χ0) is 15.4. The van der Waals surface area contributed by atoms with E-state index in [1.165, 1.54) is 12.1 Å². The van der Waals surface area contributed by atoms with Gasteiger partial charge < -0.3 is 4.74 Å². The number of ether oxygens (including phenoxy) is 1. The Labute approximate surface area is 139 Å². The Balaban J connectivity index is 2.02. The molecule has 0 aromatic heterocycles. The van der Waals surface area contributed by atoms with Crippen LogP contribution in [0.3, 0.4) is 0 Å². The molecule has 0 saturated heterocycles. The highest BCUT2D eigenvalue weighted by molar-refractivity contribution is 9.10. The smallest absolute Gasteiger partial charge is 0.340 e. The summed E-state index contributed by atoms with van der Waals surface area (Å²) in [6, 6.07) is 11.2. The molecule has 0 saturated carbocycles. The van der Waals surface area contributed by atoms with Crippen molar-refractivity contribution in [2.75, 3.05) is 6.61 Å². The van der Waals surface area contributed by atoms with E-state index >= 15 is 0 Å². The first-order chi connectivity index (χ1) is 9.97. The molecule has 2 aromatic rings. The number of carbonyl (C=O) groups is 2. The number of hydrogen-bond donors (Lipinski definition) is 0. The molecule has 0 spiro atoms. The van der Waals surface area contributed by atoms with Crippen molar-refractivity contribution in [3.05, 3.63) is 68.1 Å². The molecule has 0 aliphatic heterocycles. The van der Waals surface area contributed by atoms with Gasteiger partial charge in [-0.25, -0.2) is 4.79 Å². The summed E-state index contributed by atoms with van der Waals surface area (Å²) < 4.78 is 5.83. The first-order valence-electron chi connectivity index (χ1n) is 5.88. The van der Waals surface area contributed by atoms with Crippen molar-refractivity contribution in [1.29, 1.82) is 0 Å². The summed E-state index contributed by atoms with van der Waals surface area (Å²) in [4.78, 5) is 23.8. The molecule has 6 heteroatoms. The molecule has 2 aromatic carbocycles. The lowest BCUT2D eigenvalue weighted by Crippen LogP contribution is -2.14. The first kappa shape index (κ1) is 16.0. The average Bonchev–Trinajstić information content (AvgIpc) is 2.47. The van der Waals surface area contributed by atoms with E-state index in [2.05, 4.69) is 15.9 Å². The molecule has 0 atom stereocenters. The topological polar surface area (TPSA) is 43.4 Å². The molecule has 0 fully saturated rings. The van der Waals surface area contributed by atoms with Gasteiger partial charge in [0.15, 0.2) is 12.4 Å². The second kappa shape index (κ2) is 7.07. The Morgan fingerprint density at radius 2 is 1.71 bits per heavy atom. The second-order valence-electron chi connectivity index (χ2n) is 4.13. The van der Waals surface area contributed by atoms with Crippen molar-refractivity contribution in [1.82, 2.24) is 0 Å². The largest absolute Gasteiger partial charge is 0.454 e. The van der Waals surface area contributed by atoms with Crippen LogP contribution < -0.4 is 0 Å². The zero-order valence-corrected chi connectivity index (χ0v) is 13.7. The van der Waals surface area contributed by atoms with Crippen LogP contribution in [0, 0.1) is 0 Å². The maximum absolute atomic E-state index is 11.9. The van der Waals surface area contributed by atoms with E-state index in [0.717, 1.165) is 4.47 Å². The van der Waals surface area contributed by atoms with E-state index < -0.39 is 5.97 Å². The van der Waals surface area contributed by atoms with Crippen molar-refractivity contribution in [2.45, 2.75) is 0 Å². The van der Waals surface area contributed by atoms with Crippen molar-refractivity contribution < 1.29 is 14.3 Å². The fraction of sp³-hybridized carbons (Fsp3) is 0.0667. The Morgan fingerprint density at radius 1 is 1.05 bits per heavy atom. The lowest BCUT2D eigenvalue weighted by atomic mass is 10.1. The van der Waals surface area contributed by atoms with Gasteiger partial charge in [-0.3, -0.25) is 4.79 Å². The van der Waals surface area contributed by atoms with Crippen molar-refractivity contribution in [3.8, 4) is 0 Å². The Kier molecular flexibility index (Phi) is 5.39. The summed E-state index contributed by atoms with van der Waals surface area (Å²) >= 11 is 15.0. The van der Waals surface area contributed by atoms with E-state index in [0.29, 0.717) is 10.6 Å². The second-order valence-corrected chi connectivity index (χ2v) is 5.89. The Hall–Kier alpha value is -1.36. The number of carbonyl (C=O) groups excluding carboxylic acids is 2. The van der Waals surface area contributed by atoms with E-state index in [9.17, 15) is 9.59 Å². The number of Topliss-reactive ketones (excluding diaryl/α,β-unsaturated/α-hetero) is 1. The summed E-state index contributed by atoms with van der Waals surface area (Å²) in [5.41, 5.74) is 0.593. The number of ketones is 1. The van der Waals surface area contributed by atoms with Gasteiger partial charge >= 0.3 is 5.97 Å². The molecule has 21 heavy (non-hydrogen) atoms. The van der Waals surface area contributed by atoms with Crippen molar-refractivity contribution >= 4 is 50.9 Å². The lowest BCUT2D eigenvalue weighted by molar-refractivity contribution is 0.0475. The van der Waals surface area contributed by atoms with E-state index in [1.54, 1.807) is 30.3 Å². The van der Waals surface area contributed by atoms with Crippen LogP contribution >= 0.6 is 39.1 Å². The van der Waals surface area contributed by atoms with Gasteiger partial charge in [0.05, 0.1) is 10.6 Å². The molecular formula is C15H9BrCl2O3. The normalized spacial score (nSPS) is 10.2. The molecule has 0 radical (unpaired) electrons. The van der Waals surface area contributed by atoms with Crippen LogP contribution in [0.4, 0.5) is 0 Å². The van der Waals surface area contributed by atoms with Crippen LogP contribution in [-0.2, 0) is 4.74 Å². The van der Waals surface area contributed by atoms with Crippen LogP contribution in [-0.4, -0.2) is 18.4 Å². The molecule has 0 amide bonds. The standard InChI is InChI=1S/C15H9BrCl2O3/c16-10-3-1-9(2-4-10)14(19)8-21-15(20)12-7-11(17)5-6-13(12)18/h1-7H,8H2. The third-order valence-corrected chi connectivity index (χ3v) is 3.74.